The zero-order chi connectivity index (χ0) is 30.7. The fourth-order valence-electron chi connectivity index (χ4n) is 6.66. The fraction of sp³-hybridized carbons (Fsp3) is 0.469. The number of carbonyl (C=O) groups excluding carboxylic acids is 1. The highest BCUT2D eigenvalue weighted by atomic mass is 32.2. The third kappa shape index (κ3) is 6.83. The average molecular weight is 640 g/mol. The number of anilines is 1. The molecule has 3 aromatic rings. The van der Waals surface area contributed by atoms with E-state index < -0.39 is 28.0 Å². The van der Waals surface area contributed by atoms with Gasteiger partial charge in [0.05, 0.1) is 22.8 Å². The monoisotopic (exact) mass is 639 g/mol. The molecule has 2 saturated carbocycles. The number of hydrogen-bond acceptors (Lipinski definition) is 8. The van der Waals surface area contributed by atoms with Gasteiger partial charge >= 0.3 is 5.97 Å². The van der Waals surface area contributed by atoms with Gasteiger partial charge in [0.1, 0.15) is 5.75 Å². The number of carbonyl (C=O) groups is 2. The molecule has 2 aliphatic carbocycles. The minimum Gasteiger partial charge on any atom is -0.478 e. The molecule has 44 heavy (non-hydrogen) atoms. The molecular formula is C32H37N3O7S2. The van der Waals surface area contributed by atoms with Gasteiger partial charge in [0.2, 0.25) is 15.1 Å². The molecule has 1 unspecified atom stereocenters. The summed E-state index contributed by atoms with van der Waals surface area (Å²) in [5.41, 5.74) is 1.16. The molecule has 1 aliphatic heterocycles. The van der Waals surface area contributed by atoms with Crippen LogP contribution in [0.25, 0.3) is 0 Å². The third-order valence-electron chi connectivity index (χ3n) is 9.14. The van der Waals surface area contributed by atoms with Crippen LogP contribution >= 0.6 is 11.3 Å². The second-order valence-electron chi connectivity index (χ2n) is 12.0. The van der Waals surface area contributed by atoms with Crippen molar-refractivity contribution < 1.29 is 32.6 Å². The Bertz CT molecular complexity index is 1570. The molecule has 234 valence electrons. The molecule has 1 aromatic heterocycles. The SMILES string of the molecule is O=C(O)c1ccc(Oc2cnc(NC(=O)C(OC3CCC4(CCCC4)CC3)c3ccc(S(=O)(=O)N4CCCC4)cc3)s2)cc1. The van der Waals surface area contributed by atoms with Gasteiger partial charge in [-0.15, -0.1) is 0 Å². The molecule has 2 aromatic carbocycles. The summed E-state index contributed by atoms with van der Waals surface area (Å²) in [6, 6.07) is 12.5. The number of ether oxygens (including phenoxy) is 2. The van der Waals surface area contributed by atoms with Gasteiger partial charge in [0.25, 0.3) is 5.91 Å². The first-order valence-electron chi connectivity index (χ1n) is 15.2. The maximum atomic E-state index is 13.7. The number of nitrogens with one attached hydrogen (secondary N) is 1. The molecule has 2 heterocycles. The van der Waals surface area contributed by atoms with E-state index in [0.717, 1.165) is 49.9 Å². The molecule has 1 atom stereocenters. The Hall–Kier alpha value is -3.32. The Kier molecular flexibility index (Phi) is 9.04. The summed E-state index contributed by atoms with van der Waals surface area (Å²) in [7, 11) is -3.58. The van der Waals surface area contributed by atoms with Crippen LogP contribution in [0.15, 0.2) is 59.6 Å². The van der Waals surface area contributed by atoms with Crippen molar-refractivity contribution in [1.29, 1.82) is 0 Å². The van der Waals surface area contributed by atoms with E-state index in [2.05, 4.69) is 10.3 Å². The van der Waals surface area contributed by atoms with Crippen LogP contribution < -0.4 is 10.1 Å². The van der Waals surface area contributed by atoms with Crippen LogP contribution in [-0.2, 0) is 19.6 Å². The zero-order valence-electron chi connectivity index (χ0n) is 24.4. The minimum absolute atomic E-state index is 0.0750. The Morgan fingerprint density at radius 3 is 2.25 bits per heavy atom. The van der Waals surface area contributed by atoms with Gasteiger partial charge in [-0.2, -0.15) is 4.31 Å². The molecular weight excluding hydrogens is 603 g/mol. The maximum absolute atomic E-state index is 13.7. The van der Waals surface area contributed by atoms with Crippen LogP contribution in [0.3, 0.4) is 0 Å². The molecule has 3 aliphatic rings. The summed E-state index contributed by atoms with van der Waals surface area (Å²) in [6.45, 7) is 1.04. The van der Waals surface area contributed by atoms with Crippen LogP contribution in [-0.4, -0.2) is 53.9 Å². The zero-order valence-corrected chi connectivity index (χ0v) is 26.1. The summed E-state index contributed by atoms with van der Waals surface area (Å²) in [6.07, 6.45) is 11.3. The molecule has 1 saturated heterocycles. The van der Waals surface area contributed by atoms with Crippen molar-refractivity contribution in [3.63, 3.8) is 0 Å². The van der Waals surface area contributed by atoms with Crippen LogP contribution in [0.4, 0.5) is 5.13 Å². The highest BCUT2D eigenvalue weighted by Crippen LogP contribution is 2.50. The number of nitrogens with zero attached hydrogens (tertiary/aromatic N) is 2. The molecule has 0 bridgehead atoms. The van der Waals surface area contributed by atoms with Gasteiger partial charge in [-0.25, -0.2) is 18.2 Å². The second kappa shape index (κ2) is 13.0. The van der Waals surface area contributed by atoms with Crippen molar-refractivity contribution in [2.45, 2.75) is 81.3 Å². The van der Waals surface area contributed by atoms with E-state index in [1.54, 1.807) is 36.4 Å². The lowest BCUT2D eigenvalue weighted by Crippen LogP contribution is -2.33. The van der Waals surface area contributed by atoms with Crippen LogP contribution in [0.1, 0.15) is 86.2 Å². The Morgan fingerprint density at radius 2 is 1.61 bits per heavy atom. The number of carboxylic acids is 1. The van der Waals surface area contributed by atoms with Gasteiger partial charge in [-0.3, -0.25) is 10.1 Å². The molecule has 3 fully saturated rings. The fourth-order valence-corrected chi connectivity index (χ4v) is 8.87. The minimum atomic E-state index is -3.58. The number of sulfonamides is 1. The van der Waals surface area contributed by atoms with Crippen molar-refractivity contribution in [2.24, 2.45) is 5.41 Å². The number of hydrogen-bond donors (Lipinski definition) is 2. The Balaban J connectivity index is 1.17. The van der Waals surface area contributed by atoms with Gasteiger partial charge < -0.3 is 14.6 Å². The first kappa shape index (κ1) is 30.7. The Morgan fingerprint density at radius 1 is 0.955 bits per heavy atom. The van der Waals surface area contributed by atoms with Crippen molar-refractivity contribution in [2.75, 3.05) is 18.4 Å². The summed E-state index contributed by atoms with van der Waals surface area (Å²) in [5.74, 6) is -0.975. The van der Waals surface area contributed by atoms with Crippen LogP contribution in [0.5, 0.6) is 10.8 Å². The number of amides is 1. The highest BCUT2D eigenvalue weighted by Gasteiger charge is 2.39. The number of benzene rings is 2. The number of aromatic nitrogens is 1. The standard InChI is InChI=1S/C32H37N3O7S2/c36-29(34-31-33-21-27(43-31)41-24-9-5-23(6-10-24)30(37)38)28(42-25-13-17-32(18-14-25)15-1-2-16-32)22-7-11-26(12-8-22)44(39,40)35-19-3-4-20-35/h5-12,21,25,28H,1-4,13-20H2,(H,37,38)(H,33,34,36). The second-order valence-corrected chi connectivity index (χ2v) is 14.9. The molecule has 10 nitrogen and oxygen atoms in total. The molecule has 1 spiro atoms. The molecule has 6 rings (SSSR count). The molecule has 1 amide bonds. The first-order chi connectivity index (χ1) is 21.2. The van der Waals surface area contributed by atoms with Crippen molar-refractivity contribution in [3.05, 3.63) is 65.9 Å². The van der Waals surface area contributed by atoms with E-state index in [-0.39, 0.29) is 16.6 Å². The average Bonchev–Trinajstić information content (AvgIpc) is 3.81. The van der Waals surface area contributed by atoms with E-state index in [4.69, 9.17) is 14.6 Å². The lowest BCUT2D eigenvalue weighted by atomic mass is 9.72. The smallest absolute Gasteiger partial charge is 0.335 e. The molecule has 12 heteroatoms. The van der Waals surface area contributed by atoms with E-state index in [9.17, 15) is 18.0 Å². The third-order valence-corrected chi connectivity index (χ3v) is 11.8. The van der Waals surface area contributed by atoms with Crippen LogP contribution in [0, 0.1) is 5.41 Å². The summed E-state index contributed by atoms with van der Waals surface area (Å²) >= 11 is 1.14. The van der Waals surface area contributed by atoms with Gasteiger partial charge in [-0.05, 0) is 98.7 Å². The first-order valence-corrected chi connectivity index (χ1v) is 17.5. The highest BCUT2D eigenvalue weighted by molar-refractivity contribution is 7.89. The predicted octanol–water partition coefficient (Wildman–Crippen LogP) is 6.62. The van der Waals surface area contributed by atoms with Crippen molar-refractivity contribution in [3.8, 4) is 10.8 Å². The quantitative estimate of drug-likeness (QED) is 0.253. The number of aromatic carboxylic acids is 1. The topological polar surface area (TPSA) is 135 Å². The maximum Gasteiger partial charge on any atom is 0.335 e. The summed E-state index contributed by atoms with van der Waals surface area (Å²) in [5, 5.41) is 12.7. The largest absolute Gasteiger partial charge is 0.478 e. The van der Waals surface area contributed by atoms with Gasteiger partial charge in [0, 0.05) is 13.1 Å². The Labute approximate surface area is 261 Å². The van der Waals surface area contributed by atoms with E-state index in [0.29, 0.717) is 40.0 Å². The lowest BCUT2D eigenvalue weighted by Gasteiger charge is -2.38. The van der Waals surface area contributed by atoms with Crippen LogP contribution in [0.2, 0.25) is 0 Å². The lowest BCUT2D eigenvalue weighted by molar-refractivity contribution is -0.134. The molecule has 0 radical (unpaired) electrons. The van der Waals surface area contributed by atoms with Crippen molar-refractivity contribution in [1.82, 2.24) is 9.29 Å². The number of thiazole rings is 1. The van der Waals surface area contributed by atoms with E-state index >= 15 is 0 Å². The van der Waals surface area contributed by atoms with Gasteiger partial charge in [0.15, 0.2) is 11.2 Å². The van der Waals surface area contributed by atoms with E-state index in [1.165, 1.54) is 48.3 Å². The summed E-state index contributed by atoms with van der Waals surface area (Å²) < 4.78 is 40.0. The van der Waals surface area contributed by atoms with E-state index in [1.807, 2.05) is 0 Å². The van der Waals surface area contributed by atoms with Gasteiger partial charge in [-0.1, -0.05) is 36.3 Å². The normalized spacial score (nSPS) is 19.6. The summed E-state index contributed by atoms with van der Waals surface area (Å²) in [4.78, 5) is 29.3. The number of carboxylic acid groups (broad SMARTS) is 1. The van der Waals surface area contributed by atoms with Crippen molar-refractivity contribution >= 4 is 38.4 Å². The molecule has 2 N–H and O–H groups in total. The number of rotatable bonds is 10. The predicted molar refractivity (Wildman–Crippen MR) is 166 cm³/mol.